The number of ether oxygens (including phenoxy) is 1. The molecule has 0 radical (unpaired) electrons. The Kier molecular flexibility index (Phi) is 3.78. The molecule has 1 fully saturated rings. The van der Waals surface area contributed by atoms with Gasteiger partial charge in [-0.1, -0.05) is 5.16 Å². The summed E-state index contributed by atoms with van der Waals surface area (Å²) in [4.78, 5) is 13.9. The highest BCUT2D eigenvalue weighted by atomic mass is 16.5. The summed E-state index contributed by atoms with van der Waals surface area (Å²) in [7, 11) is 0. The standard InChI is InChI=1S/C12H18N2O3/c1-3-14(7-10-4-5-16-8-10)12(15)11-6-9(2)13-17-11/h6,10H,3-5,7-8H2,1-2H3/t10-/m1/s1. The van der Waals surface area contributed by atoms with Gasteiger partial charge in [-0.15, -0.1) is 0 Å². The van der Waals surface area contributed by atoms with Gasteiger partial charge in [-0.25, -0.2) is 0 Å². The van der Waals surface area contributed by atoms with E-state index in [4.69, 9.17) is 9.26 Å². The van der Waals surface area contributed by atoms with Gasteiger partial charge in [-0.05, 0) is 20.3 Å². The van der Waals surface area contributed by atoms with E-state index in [1.807, 2.05) is 6.92 Å². The molecule has 0 aromatic carbocycles. The molecule has 1 amide bonds. The van der Waals surface area contributed by atoms with E-state index in [0.29, 0.717) is 18.2 Å². The minimum absolute atomic E-state index is 0.0833. The highest BCUT2D eigenvalue weighted by Crippen LogP contribution is 2.15. The van der Waals surface area contributed by atoms with Crippen molar-refractivity contribution in [3.63, 3.8) is 0 Å². The molecule has 1 aromatic heterocycles. The van der Waals surface area contributed by atoms with Crippen LogP contribution in [0, 0.1) is 12.8 Å². The fraction of sp³-hybridized carbons (Fsp3) is 0.667. The Hall–Kier alpha value is -1.36. The fourth-order valence-corrected chi connectivity index (χ4v) is 2.01. The highest BCUT2D eigenvalue weighted by molar-refractivity contribution is 5.91. The molecule has 94 valence electrons. The Balaban J connectivity index is 1.99. The minimum atomic E-state index is -0.0833. The molecule has 1 aliphatic rings. The van der Waals surface area contributed by atoms with Gasteiger partial charge in [0.25, 0.3) is 5.91 Å². The third kappa shape index (κ3) is 2.85. The summed E-state index contributed by atoms with van der Waals surface area (Å²) in [6.07, 6.45) is 1.03. The summed E-state index contributed by atoms with van der Waals surface area (Å²) in [5.41, 5.74) is 0.730. The second-order valence-corrected chi connectivity index (χ2v) is 4.41. The van der Waals surface area contributed by atoms with Gasteiger partial charge in [0.2, 0.25) is 5.76 Å². The molecule has 0 unspecified atom stereocenters. The van der Waals surface area contributed by atoms with Crippen LogP contribution in [0.5, 0.6) is 0 Å². The van der Waals surface area contributed by atoms with E-state index in [0.717, 1.165) is 31.9 Å². The molecule has 2 rings (SSSR count). The maximum absolute atomic E-state index is 12.1. The van der Waals surface area contributed by atoms with Crippen LogP contribution in [0.4, 0.5) is 0 Å². The van der Waals surface area contributed by atoms with Gasteiger partial charge in [-0.3, -0.25) is 4.79 Å². The third-order valence-electron chi connectivity index (χ3n) is 3.01. The predicted octanol–water partition coefficient (Wildman–Crippen LogP) is 1.48. The zero-order chi connectivity index (χ0) is 12.3. The molecule has 0 spiro atoms. The lowest BCUT2D eigenvalue weighted by atomic mass is 10.1. The average Bonchev–Trinajstić information content (AvgIpc) is 2.96. The van der Waals surface area contributed by atoms with Crippen LogP contribution in [0.15, 0.2) is 10.6 Å². The van der Waals surface area contributed by atoms with Gasteiger partial charge in [0.05, 0.1) is 12.3 Å². The van der Waals surface area contributed by atoms with Crippen molar-refractivity contribution in [2.75, 3.05) is 26.3 Å². The topological polar surface area (TPSA) is 55.6 Å². The highest BCUT2D eigenvalue weighted by Gasteiger charge is 2.24. The number of carbonyl (C=O) groups is 1. The van der Waals surface area contributed by atoms with Crippen molar-refractivity contribution in [2.24, 2.45) is 5.92 Å². The van der Waals surface area contributed by atoms with Gasteiger partial charge in [0.1, 0.15) is 0 Å². The maximum atomic E-state index is 12.1. The Labute approximate surface area is 101 Å². The third-order valence-corrected chi connectivity index (χ3v) is 3.01. The molecule has 17 heavy (non-hydrogen) atoms. The lowest BCUT2D eigenvalue weighted by Gasteiger charge is -2.22. The van der Waals surface area contributed by atoms with Crippen molar-refractivity contribution in [1.82, 2.24) is 10.1 Å². The Bertz CT molecular complexity index is 383. The van der Waals surface area contributed by atoms with Crippen LogP contribution in [0.2, 0.25) is 0 Å². The number of aryl methyl sites for hydroxylation is 1. The van der Waals surface area contributed by atoms with Crippen LogP contribution < -0.4 is 0 Å². The lowest BCUT2D eigenvalue weighted by molar-refractivity contribution is 0.0689. The van der Waals surface area contributed by atoms with Gasteiger partial charge in [0, 0.05) is 31.7 Å². The molecule has 5 nitrogen and oxygen atoms in total. The first-order chi connectivity index (χ1) is 8.20. The second kappa shape index (κ2) is 5.31. The average molecular weight is 238 g/mol. The molecule has 0 saturated carbocycles. The van der Waals surface area contributed by atoms with E-state index >= 15 is 0 Å². The van der Waals surface area contributed by atoms with Gasteiger partial charge >= 0.3 is 0 Å². The van der Waals surface area contributed by atoms with Crippen molar-refractivity contribution >= 4 is 5.91 Å². The van der Waals surface area contributed by atoms with Crippen molar-refractivity contribution < 1.29 is 14.1 Å². The Morgan fingerprint density at radius 1 is 1.65 bits per heavy atom. The zero-order valence-electron chi connectivity index (χ0n) is 10.3. The number of nitrogens with zero attached hydrogens (tertiary/aromatic N) is 2. The number of hydrogen-bond acceptors (Lipinski definition) is 4. The molecular weight excluding hydrogens is 220 g/mol. The van der Waals surface area contributed by atoms with Crippen molar-refractivity contribution in [3.05, 3.63) is 17.5 Å². The molecule has 1 atom stereocenters. The predicted molar refractivity (Wildman–Crippen MR) is 61.7 cm³/mol. The van der Waals surface area contributed by atoms with E-state index in [9.17, 15) is 4.79 Å². The van der Waals surface area contributed by atoms with Crippen LogP contribution in [-0.4, -0.2) is 42.3 Å². The van der Waals surface area contributed by atoms with Crippen LogP contribution in [0.3, 0.4) is 0 Å². The number of hydrogen-bond donors (Lipinski definition) is 0. The van der Waals surface area contributed by atoms with Gasteiger partial charge in [-0.2, -0.15) is 0 Å². The first-order valence-corrected chi connectivity index (χ1v) is 6.01. The SMILES string of the molecule is CCN(C[C@H]1CCOC1)C(=O)c1cc(C)no1. The quantitative estimate of drug-likeness (QED) is 0.797. The lowest BCUT2D eigenvalue weighted by Crippen LogP contribution is -2.35. The van der Waals surface area contributed by atoms with Crippen LogP contribution >= 0.6 is 0 Å². The number of amides is 1. The van der Waals surface area contributed by atoms with Crippen LogP contribution in [0.1, 0.15) is 29.6 Å². The van der Waals surface area contributed by atoms with Crippen molar-refractivity contribution in [1.29, 1.82) is 0 Å². The second-order valence-electron chi connectivity index (χ2n) is 4.41. The summed E-state index contributed by atoms with van der Waals surface area (Å²) < 4.78 is 10.3. The fourth-order valence-electron chi connectivity index (χ4n) is 2.01. The molecule has 2 heterocycles. The van der Waals surface area contributed by atoms with Gasteiger partial charge in [0.15, 0.2) is 0 Å². The molecule has 1 saturated heterocycles. The summed E-state index contributed by atoms with van der Waals surface area (Å²) in [5, 5.41) is 3.74. The normalized spacial score (nSPS) is 19.5. The summed E-state index contributed by atoms with van der Waals surface area (Å²) in [6.45, 7) is 6.74. The molecule has 0 bridgehead atoms. The Morgan fingerprint density at radius 3 is 3.00 bits per heavy atom. The van der Waals surface area contributed by atoms with E-state index in [-0.39, 0.29) is 5.91 Å². The smallest absolute Gasteiger partial charge is 0.292 e. The molecule has 5 heteroatoms. The summed E-state index contributed by atoms with van der Waals surface area (Å²) in [5.74, 6) is 0.686. The molecule has 0 aliphatic carbocycles. The summed E-state index contributed by atoms with van der Waals surface area (Å²) in [6, 6.07) is 1.68. The van der Waals surface area contributed by atoms with Crippen molar-refractivity contribution in [3.8, 4) is 0 Å². The van der Waals surface area contributed by atoms with E-state index < -0.39 is 0 Å². The molecule has 1 aliphatic heterocycles. The van der Waals surface area contributed by atoms with Crippen molar-refractivity contribution in [2.45, 2.75) is 20.3 Å². The Morgan fingerprint density at radius 2 is 2.47 bits per heavy atom. The molecule has 0 N–H and O–H groups in total. The molecular formula is C12H18N2O3. The number of aromatic nitrogens is 1. The van der Waals surface area contributed by atoms with Crippen LogP contribution in [0.25, 0.3) is 0 Å². The maximum Gasteiger partial charge on any atom is 0.292 e. The molecule has 1 aromatic rings. The first kappa shape index (κ1) is 12.1. The number of carbonyl (C=O) groups excluding carboxylic acids is 1. The monoisotopic (exact) mass is 238 g/mol. The van der Waals surface area contributed by atoms with Crippen LogP contribution in [-0.2, 0) is 4.74 Å². The zero-order valence-corrected chi connectivity index (χ0v) is 10.3. The minimum Gasteiger partial charge on any atom is -0.381 e. The van der Waals surface area contributed by atoms with E-state index in [1.165, 1.54) is 0 Å². The number of rotatable bonds is 4. The van der Waals surface area contributed by atoms with E-state index in [2.05, 4.69) is 5.16 Å². The largest absolute Gasteiger partial charge is 0.381 e. The van der Waals surface area contributed by atoms with Gasteiger partial charge < -0.3 is 14.2 Å². The summed E-state index contributed by atoms with van der Waals surface area (Å²) >= 11 is 0. The van der Waals surface area contributed by atoms with E-state index in [1.54, 1.807) is 17.9 Å². The first-order valence-electron chi connectivity index (χ1n) is 6.01.